The molecule has 0 radical (unpaired) electrons. The lowest BCUT2D eigenvalue weighted by molar-refractivity contribution is -0.124. The minimum atomic E-state index is -0.715. The minimum absolute atomic E-state index is 0.0978. The molecule has 0 aromatic carbocycles. The molecule has 1 saturated heterocycles. The Hall–Kier alpha value is -1.53. The second-order valence-electron chi connectivity index (χ2n) is 3.34. The molecule has 1 aliphatic rings. The van der Waals surface area contributed by atoms with Crippen LogP contribution < -0.4 is 5.73 Å². The second kappa shape index (κ2) is 3.92. The Morgan fingerprint density at radius 3 is 2.73 bits per heavy atom. The van der Waals surface area contributed by atoms with Crippen molar-refractivity contribution >= 4 is 11.7 Å². The van der Waals surface area contributed by atoms with E-state index in [1.807, 2.05) is 0 Å². The predicted molar refractivity (Wildman–Crippen MR) is 50.8 cm³/mol. The molecule has 1 fully saturated rings. The monoisotopic (exact) mass is 209 g/mol. The van der Waals surface area contributed by atoms with Crippen molar-refractivity contribution in [2.45, 2.75) is 18.6 Å². The smallest absolute Gasteiger partial charge is 0.219 e. The first kappa shape index (κ1) is 10.0. The van der Waals surface area contributed by atoms with Crippen LogP contribution in [-0.4, -0.2) is 33.6 Å². The van der Waals surface area contributed by atoms with Crippen LogP contribution >= 0.6 is 0 Å². The van der Waals surface area contributed by atoms with E-state index < -0.39 is 6.10 Å². The van der Waals surface area contributed by atoms with E-state index in [1.54, 1.807) is 0 Å². The summed E-state index contributed by atoms with van der Waals surface area (Å²) in [4.78, 5) is 18.9. The van der Waals surface area contributed by atoms with Gasteiger partial charge in [-0.15, -0.1) is 0 Å². The number of Topliss-reactive ketones (excluding diaryl/α,β-unsaturated/α-hetero) is 1. The van der Waals surface area contributed by atoms with E-state index in [4.69, 9.17) is 15.6 Å². The molecule has 0 unspecified atom stereocenters. The average molecular weight is 209 g/mol. The molecule has 6 nitrogen and oxygen atoms in total. The van der Waals surface area contributed by atoms with Gasteiger partial charge in [0.25, 0.3) is 0 Å². The van der Waals surface area contributed by atoms with Gasteiger partial charge in [-0.25, -0.2) is 9.97 Å². The van der Waals surface area contributed by atoms with Crippen molar-refractivity contribution in [2.24, 2.45) is 0 Å². The molecule has 15 heavy (non-hydrogen) atoms. The molecule has 0 aliphatic carbocycles. The largest absolute Gasteiger partial charge is 0.393 e. The van der Waals surface area contributed by atoms with Gasteiger partial charge in [-0.2, -0.15) is 0 Å². The maximum Gasteiger partial charge on any atom is 0.219 e. The van der Waals surface area contributed by atoms with Crippen LogP contribution in [0, 0.1) is 0 Å². The molecule has 1 aromatic rings. The van der Waals surface area contributed by atoms with E-state index in [1.165, 1.54) is 12.4 Å². The molecule has 0 amide bonds. The summed E-state index contributed by atoms with van der Waals surface area (Å²) in [6.07, 6.45) is 2.22. The number of nitrogens with two attached hydrogens (primary N) is 1. The lowest BCUT2D eigenvalue weighted by Gasteiger charge is -2.09. The lowest BCUT2D eigenvalue weighted by Crippen LogP contribution is -2.19. The van der Waals surface area contributed by atoms with Gasteiger partial charge in [0.05, 0.1) is 12.7 Å². The number of aliphatic hydroxyl groups is 1. The summed E-state index contributed by atoms with van der Waals surface area (Å²) in [6.45, 7) is -0.287. The van der Waals surface area contributed by atoms with Gasteiger partial charge in [-0.3, -0.25) is 4.79 Å². The number of carbonyl (C=O) groups excluding carboxylic acids is 1. The zero-order valence-electron chi connectivity index (χ0n) is 7.96. The van der Waals surface area contributed by atoms with Crippen LogP contribution in [0.5, 0.6) is 0 Å². The number of ether oxygens (including phenoxy) is 1. The van der Waals surface area contributed by atoms with Crippen LogP contribution in [0.3, 0.4) is 0 Å². The summed E-state index contributed by atoms with van der Waals surface area (Å²) < 4.78 is 5.33. The fourth-order valence-corrected chi connectivity index (χ4v) is 1.49. The van der Waals surface area contributed by atoms with Crippen LogP contribution in [0.4, 0.5) is 5.95 Å². The standard InChI is InChI=1S/C9H11N3O3/c10-9-11-2-5(3-12-9)7-1-6(14)8(4-13)15-7/h2-3,7-8,13H,1,4H2,(H2,10,11,12)/t7-,8-/m1/s1. The Morgan fingerprint density at radius 2 is 2.20 bits per heavy atom. The van der Waals surface area contributed by atoms with Gasteiger partial charge in [0.1, 0.15) is 6.10 Å². The van der Waals surface area contributed by atoms with Crippen LogP contribution in [0.2, 0.25) is 0 Å². The maximum absolute atomic E-state index is 11.3. The number of rotatable bonds is 2. The van der Waals surface area contributed by atoms with Gasteiger partial charge < -0.3 is 15.6 Å². The number of aromatic nitrogens is 2. The fourth-order valence-electron chi connectivity index (χ4n) is 1.49. The van der Waals surface area contributed by atoms with Crippen LogP contribution in [0.15, 0.2) is 12.4 Å². The highest BCUT2D eigenvalue weighted by Crippen LogP contribution is 2.29. The topological polar surface area (TPSA) is 98.3 Å². The SMILES string of the molecule is Nc1ncc([C@H]2CC(=O)[C@@H](CO)O2)cn1. The van der Waals surface area contributed by atoms with Crippen molar-refractivity contribution in [2.75, 3.05) is 12.3 Å². The average Bonchev–Trinajstić information content (AvgIpc) is 2.61. The molecule has 3 N–H and O–H groups in total. The van der Waals surface area contributed by atoms with Crippen molar-refractivity contribution in [3.05, 3.63) is 18.0 Å². The summed E-state index contributed by atoms with van der Waals surface area (Å²) in [6, 6.07) is 0. The first-order valence-corrected chi connectivity index (χ1v) is 4.57. The number of carbonyl (C=O) groups is 1. The van der Waals surface area contributed by atoms with E-state index in [0.717, 1.165) is 0 Å². The molecule has 2 atom stereocenters. The van der Waals surface area contributed by atoms with Crippen LogP contribution in [0.1, 0.15) is 18.1 Å². The molecular weight excluding hydrogens is 198 g/mol. The van der Waals surface area contributed by atoms with Gasteiger partial charge in [0.2, 0.25) is 5.95 Å². The van der Waals surface area contributed by atoms with Crippen molar-refractivity contribution in [1.82, 2.24) is 9.97 Å². The highest BCUT2D eigenvalue weighted by molar-refractivity contribution is 5.85. The second-order valence-corrected chi connectivity index (χ2v) is 3.34. The Kier molecular flexibility index (Phi) is 2.61. The van der Waals surface area contributed by atoms with Crippen molar-refractivity contribution < 1.29 is 14.6 Å². The highest BCUT2D eigenvalue weighted by Gasteiger charge is 2.33. The quantitative estimate of drug-likeness (QED) is 0.678. The lowest BCUT2D eigenvalue weighted by atomic mass is 10.1. The van der Waals surface area contributed by atoms with Gasteiger partial charge in [0, 0.05) is 24.4 Å². The summed E-state index contributed by atoms with van der Waals surface area (Å²) in [5.41, 5.74) is 6.04. The van der Waals surface area contributed by atoms with E-state index in [-0.39, 0.29) is 30.9 Å². The normalized spacial score (nSPS) is 25.8. The van der Waals surface area contributed by atoms with Crippen LogP contribution in [0.25, 0.3) is 0 Å². The molecule has 2 heterocycles. The molecular formula is C9H11N3O3. The van der Waals surface area contributed by atoms with Gasteiger partial charge in [-0.05, 0) is 0 Å². The van der Waals surface area contributed by atoms with Gasteiger partial charge >= 0.3 is 0 Å². The molecule has 6 heteroatoms. The predicted octanol–water partition coefficient (Wildman–Crippen LogP) is -0.550. The van der Waals surface area contributed by atoms with Crippen molar-refractivity contribution in [1.29, 1.82) is 0 Å². The number of nitrogen functional groups attached to an aromatic ring is 1. The molecule has 0 saturated carbocycles. The van der Waals surface area contributed by atoms with E-state index >= 15 is 0 Å². The highest BCUT2D eigenvalue weighted by atomic mass is 16.5. The molecule has 1 aromatic heterocycles. The molecule has 0 bridgehead atoms. The first-order valence-electron chi connectivity index (χ1n) is 4.57. The Bertz CT molecular complexity index is 365. The summed E-state index contributed by atoms with van der Waals surface area (Å²) in [5, 5.41) is 8.85. The summed E-state index contributed by atoms with van der Waals surface area (Å²) >= 11 is 0. The van der Waals surface area contributed by atoms with E-state index in [2.05, 4.69) is 9.97 Å². The van der Waals surface area contributed by atoms with E-state index in [0.29, 0.717) is 5.56 Å². The molecule has 0 spiro atoms. The zero-order chi connectivity index (χ0) is 10.8. The number of ketones is 1. The maximum atomic E-state index is 11.3. The third kappa shape index (κ3) is 1.95. The number of anilines is 1. The van der Waals surface area contributed by atoms with Crippen molar-refractivity contribution in [3.8, 4) is 0 Å². The molecule has 1 aliphatic heterocycles. The minimum Gasteiger partial charge on any atom is -0.393 e. The number of nitrogens with zero attached hydrogens (tertiary/aromatic N) is 2. The summed E-state index contributed by atoms with van der Waals surface area (Å²) in [5.74, 6) is 0.0844. The van der Waals surface area contributed by atoms with Crippen LogP contribution in [-0.2, 0) is 9.53 Å². The number of hydrogen-bond donors (Lipinski definition) is 2. The Balaban J connectivity index is 2.13. The Morgan fingerprint density at radius 1 is 1.53 bits per heavy atom. The third-order valence-corrected chi connectivity index (χ3v) is 2.30. The number of hydrogen-bond acceptors (Lipinski definition) is 6. The van der Waals surface area contributed by atoms with Gasteiger partial charge in [0.15, 0.2) is 5.78 Å². The number of aliphatic hydroxyl groups excluding tert-OH is 1. The Labute approximate surface area is 86.1 Å². The molecule has 80 valence electrons. The molecule has 2 rings (SSSR count). The van der Waals surface area contributed by atoms with Gasteiger partial charge in [-0.1, -0.05) is 0 Å². The first-order chi connectivity index (χ1) is 7.20. The van der Waals surface area contributed by atoms with E-state index in [9.17, 15) is 4.79 Å². The summed E-state index contributed by atoms with van der Waals surface area (Å²) in [7, 11) is 0. The zero-order valence-corrected chi connectivity index (χ0v) is 7.96. The van der Waals surface area contributed by atoms with Crippen molar-refractivity contribution in [3.63, 3.8) is 0 Å². The fraction of sp³-hybridized carbons (Fsp3) is 0.444. The third-order valence-electron chi connectivity index (χ3n) is 2.30.